The number of H-pyrrole nitrogens is 1. The maximum atomic E-state index is 13.0. The lowest BCUT2D eigenvalue weighted by Gasteiger charge is -2.26. The topological polar surface area (TPSA) is 99.1 Å². The smallest absolute Gasteiger partial charge is 0.340 e. The molecular weight excluding hydrogens is 709 g/mol. The van der Waals surface area contributed by atoms with Crippen LogP contribution in [0.1, 0.15) is 153 Å². The van der Waals surface area contributed by atoms with Crippen LogP contribution in [-0.4, -0.2) is 42.7 Å². The van der Waals surface area contributed by atoms with Crippen LogP contribution in [0.3, 0.4) is 0 Å². The van der Waals surface area contributed by atoms with Crippen LogP contribution in [0.15, 0.2) is 85.5 Å². The van der Waals surface area contributed by atoms with E-state index in [-0.39, 0.29) is 11.9 Å². The van der Waals surface area contributed by atoms with Crippen molar-refractivity contribution in [1.29, 1.82) is 0 Å². The van der Waals surface area contributed by atoms with Gasteiger partial charge in [0.1, 0.15) is 11.2 Å². The zero-order chi connectivity index (χ0) is 39.9. The highest BCUT2D eigenvalue weighted by molar-refractivity contribution is 5.93. The molecule has 3 saturated carbocycles. The van der Waals surface area contributed by atoms with Gasteiger partial charge in [-0.25, -0.2) is 9.59 Å². The second kappa shape index (κ2) is 15.6. The Bertz CT molecular complexity index is 2410. The van der Waals surface area contributed by atoms with Crippen LogP contribution < -0.4 is 0 Å². The maximum absolute atomic E-state index is 13.0. The van der Waals surface area contributed by atoms with Crippen molar-refractivity contribution in [3.63, 3.8) is 0 Å². The van der Waals surface area contributed by atoms with Crippen molar-refractivity contribution in [1.82, 2.24) is 19.5 Å². The van der Waals surface area contributed by atoms with Crippen molar-refractivity contribution < 1.29 is 19.1 Å². The Labute approximate surface area is 336 Å². The van der Waals surface area contributed by atoms with E-state index in [0.29, 0.717) is 35.8 Å². The van der Waals surface area contributed by atoms with E-state index in [4.69, 9.17) is 14.5 Å². The Morgan fingerprint density at radius 2 is 1.25 bits per heavy atom. The minimum Gasteiger partial charge on any atom is -0.456 e. The highest BCUT2D eigenvalue weighted by Crippen LogP contribution is 2.41. The van der Waals surface area contributed by atoms with Crippen LogP contribution in [0.4, 0.5) is 0 Å². The quantitative estimate of drug-likeness (QED) is 0.139. The van der Waals surface area contributed by atoms with Crippen LogP contribution in [0.5, 0.6) is 0 Å². The van der Waals surface area contributed by atoms with Gasteiger partial charge in [-0.1, -0.05) is 30.7 Å². The third kappa shape index (κ3) is 9.33. The van der Waals surface area contributed by atoms with E-state index in [1.54, 1.807) is 0 Å². The van der Waals surface area contributed by atoms with E-state index in [1.807, 2.05) is 78.3 Å². The molecule has 0 unspecified atom stereocenters. The minimum absolute atomic E-state index is 0.271. The number of benzene rings is 2. The molecular formula is C49H56N4O4. The Morgan fingerprint density at radius 1 is 0.702 bits per heavy atom. The van der Waals surface area contributed by atoms with Crippen LogP contribution >= 0.6 is 0 Å². The zero-order valence-electron chi connectivity index (χ0n) is 34.4. The molecule has 6 aromatic rings. The average Bonchev–Trinajstić information content (AvgIpc) is 4.07. The van der Waals surface area contributed by atoms with E-state index < -0.39 is 11.2 Å². The lowest BCUT2D eigenvalue weighted by Crippen LogP contribution is -2.25. The summed E-state index contributed by atoms with van der Waals surface area (Å²) >= 11 is 0. The Balaban J connectivity index is 0.000000162. The molecule has 3 aliphatic carbocycles. The molecule has 4 aromatic heterocycles. The summed E-state index contributed by atoms with van der Waals surface area (Å²) in [7, 11) is 0. The van der Waals surface area contributed by atoms with Gasteiger partial charge >= 0.3 is 11.9 Å². The first kappa shape index (κ1) is 38.6. The van der Waals surface area contributed by atoms with E-state index in [9.17, 15) is 9.59 Å². The summed E-state index contributed by atoms with van der Waals surface area (Å²) in [5.41, 5.74) is 8.78. The maximum Gasteiger partial charge on any atom is 0.340 e. The fraction of sp³-hybridized carbons (Fsp3) is 0.429. The van der Waals surface area contributed by atoms with Crippen LogP contribution in [0, 0.1) is 5.92 Å². The Morgan fingerprint density at radius 3 is 1.75 bits per heavy atom. The van der Waals surface area contributed by atoms with Crippen LogP contribution in [-0.2, 0) is 28.9 Å². The summed E-state index contributed by atoms with van der Waals surface area (Å²) < 4.78 is 13.8. The molecule has 0 bridgehead atoms. The Hall–Kier alpha value is -5.24. The predicted molar refractivity (Wildman–Crippen MR) is 226 cm³/mol. The number of hydrogen-bond donors (Lipinski definition) is 1. The molecule has 0 amide bonds. The number of aromatic nitrogens is 4. The number of ether oxygens (including phenoxy) is 2. The fourth-order valence-electron chi connectivity index (χ4n) is 7.82. The molecule has 3 aliphatic rings. The van der Waals surface area contributed by atoms with Crippen molar-refractivity contribution >= 4 is 33.7 Å². The van der Waals surface area contributed by atoms with Gasteiger partial charge in [0, 0.05) is 66.0 Å². The first-order chi connectivity index (χ1) is 27.3. The molecule has 1 N–H and O–H groups in total. The van der Waals surface area contributed by atoms with Crippen molar-refractivity contribution in [2.45, 2.75) is 129 Å². The van der Waals surface area contributed by atoms with E-state index in [0.717, 1.165) is 51.4 Å². The molecule has 0 saturated heterocycles. The van der Waals surface area contributed by atoms with Crippen molar-refractivity contribution in [2.24, 2.45) is 5.92 Å². The van der Waals surface area contributed by atoms with Crippen LogP contribution in [0.2, 0.25) is 0 Å². The van der Waals surface area contributed by atoms with E-state index in [1.165, 1.54) is 61.4 Å². The summed E-state index contributed by atoms with van der Waals surface area (Å²) in [6.07, 6.45) is 18.0. The molecule has 296 valence electrons. The highest BCUT2D eigenvalue weighted by atomic mass is 16.6. The lowest BCUT2D eigenvalue weighted by molar-refractivity contribution is 0.00551. The largest absolute Gasteiger partial charge is 0.456 e. The third-order valence-corrected chi connectivity index (χ3v) is 11.3. The molecule has 8 heteroatoms. The number of fused-ring (bicyclic) bond motifs is 2. The van der Waals surface area contributed by atoms with Gasteiger partial charge in [0.25, 0.3) is 0 Å². The number of esters is 2. The van der Waals surface area contributed by atoms with E-state index in [2.05, 4.69) is 63.2 Å². The van der Waals surface area contributed by atoms with Gasteiger partial charge in [0.2, 0.25) is 0 Å². The lowest BCUT2D eigenvalue weighted by atomic mass is 9.85. The first-order valence-corrected chi connectivity index (χ1v) is 20.8. The summed E-state index contributed by atoms with van der Waals surface area (Å²) in [6.45, 7) is 12.5. The number of nitrogens with one attached hydrogen (secondary N) is 1. The summed E-state index contributed by atoms with van der Waals surface area (Å²) in [5.74, 6) is 1.35. The van der Waals surface area contributed by atoms with Gasteiger partial charge in [-0.15, -0.1) is 0 Å². The average molecular weight is 765 g/mol. The third-order valence-electron chi connectivity index (χ3n) is 11.3. The minimum atomic E-state index is -0.525. The van der Waals surface area contributed by atoms with Gasteiger partial charge < -0.3 is 19.0 Å². The molecule has 9 rings (SSSR count). The van der Waals surface area contributed by atoms with Gasteiger partial charge in [0.05, 0.1) is 22.5 Å². The van der Waals surface area contributed by atoms with Crippen molar-refractivity contribution in [2.75, 3.05) is 0 Å². The van der Waals surface area contributed by atoms with Crippen LogP contribution in [0.25, 0.3) is 21.8 Å². The van der Waals surface area contributed by atoms with E-state index >= 15 is 0 Å². The number of carbonyl (C=O) groups excluding carboxylic acids is 2. The second-order valence-electron chi connectivity index (χ2n) is 18.4. The molecule has 0 spiro atoms. The molecule has 0 aliphatic heterocycles. The first-order valence-electron chi connectivity index (χ1n) is 20.8. The fourth-order valence-corrected chi connectivity index (χ4v) is 7.82. The standard InChI is InChI=1S/C27H32N2O2.C22H24N2O2/c1-27(2,3)31-26(30)23-14-21(19-10-11-19)16-28-24(23)15-20-8-5-9-25-22(20)12-13-29(25)17-18-6-4-7-18;1-22(2,3)26-21(25)18-11-16(14-7-8-14)13-24-20(18)12-15-5-4-6-19-17(15)9-10-23-19/h5,8-9,12-14,16,18-19H,4,6-7,10-11,15,17H2,1-3H3;4-6,9-11,13-14,23H,7-8,12H2,1-3H3. The molecule has 4 heterocycles. The van der Waals surface area contributed by atoms with Gasteiger partial charge in [-0.05, 0) is 156 Å². The number of aromatic amines is 1. The molecule has 0 atom stereocenters. The number of carbonyl (C=O) groups is 2. The number of nitrogens with zero attached hydrogens (tertiary/aromatic N) is 3. The molecule has 57 heavy (non-hydrogen) atoms. The van der Waals surface area contributed by atoms with Gasteiger partial charge in [0.15, 0.2) is 0 Å². The monoisotopic (exact) mass is 764 g/mol. The molecule has 2 aromatic carbocycles. The Kier molecular flexibility index (Phi) is 10.6. The molecule has 0 radical (unpaired) electrons. The molecule has 8 nitrogen and oxygen atoms in total. The normalized spacial score (nSPS) is 15.9. The highest BCUT2D eigenvalue weighted by Gasteiger charge is 2.29. The van der Waals surface area contributed by atoms with Crippen molar-refractivity contribution in [3.8, 4) is 0 Å². The number of pyridine rings is 2. The summed E-state index contributed by atoms with van der Waals surface area (Å²) in [5, 5.41) is 2.42. The van der Waals surface area contributed by atoms with Gasteiger partial charge in [-0.2, -0.15) is 0 Å². The second-order valence-corrected chi connectivity index (χ2v) is 18.4. The van der Waals surface area contributed by atoms with Gasteiger partial charge in [-0.3, -0.25) is 9.97 Å². The predicted octanol–water partition coefficient (Wildman–Crippen LogP) is 11.2. The summed E-state index contributed by atoms with van der Waals surface area (Å²) in [4.78, 5) is 38.5. The van der Waals surface area contributed by atoms with Crippen molar-refractivity contribution in [3.05, 3.63) is 130 Å². The summed E-state index contributed by atoms with van der Waals surface area (Å²) in [6, 6.07) is 21.0. The SMILES string of the molecule is CC(C)(C)OC(=O)c1cc(C2CC2)cnc1Cc1cccc2[nH]ccc12.CC(C)(C)OC(=O)c1cc(C2CC2)cnc1Cc1cccc2c1ccn2CC1CCC1. The number of hydrogen-bond acceptors (Lipinski definition) is 6. The number of rotatable bonds is 10. The zero-order valence-corrected chi connectivity index (χ0v) is 34.4. The molecule has 3 fully saturated rings.